The van der Waals surface area contributed by atoms with E-state index < -0.39 is 0 Å². The molecule has 0 radical (unpaired) electrons. The monoisotopic (exact) mass is 432 g/mol. The van der Waals surface area contributed by atoms with Crippen molar-refractivity contribution in [2.45, 2.75) is 12.8 Å². The van der Waals surface area contributed by atoms with Crippen LogP contribution in [0.2, 0.25) is 0 Å². The summed E-state index contributed by atoms with van der Waals surface area (Å²) in [6, 6.07) is 17.7. The van der Waals surface area contributed by atoms with Gasteiger partial charge in [0.25, 0.3) is 0 Å². The largest absolute Gasteiger partial charge is 0.493 e. The van der Waals surface area contributed by atoms with Gasteiger partial charge in [-0.2, -0.15) is 0 Å². The third-order valence-electron chi connectivity index (χ3n) is 5.70. The summed E-state index contributed by atoms with van der Waals surface area (Å²) in [6.07, 6.45) is 2.94. The Balaban J connectivity index is 1.31. The zero-order chi connectivity index (χ0) is 22.3. The van der Waals surface area contributed by atoms with Gasteiger partial charge < -0.3 is 19.3 Å². The van der Waals surface area contributed by atoms with Crippen molar-refractivity contribution < 1.29 is 14.3 Å². The third kappa shape index (κ3) is 4.99. The molecule has 2 heterocycles. The standard InChI is InChI=1S/C25H28N4O3/c1-31-21-10-8-19(18-22(21)32-2)9-11-24(30)29-16-14-28(15-17-29)23-12-13-26-25(27-23)20-6-4-3-5-7-20/h3-8,10,12-13,18H,9,11,14-17H2,1-2H3. The number of piperazine rings is 1. The van der Waals surface area contributed by atoms with Crippen molar-refractivity contribution >= 4 is 11.7 Å². The molecule has 32 heavy (non-hydrogen) atoms. The highest BCUT2D eigenvalue weighted by atomic mass is 16.5. The number of amides is 1. The normalized spacial score (nSPS) is 13.7. The molecule has 1 aliphatic rings. The van der Waals surface area contributed by atoms with Gasteiger partial charge >= 0.3 is 0 Å². The Labute approximate surface area is 188 Å². The molecule has 0 spiro atoms. The molecule has 1 amide bonds. The minimum absolute atomic E-state index is 0.173. The molecule has 2 aromatic carbocycles. The van der Waals surface area contributed by atoms with Gasteiger partial charge in [-0.05, 0) is 30.2 Å². The van der Waals surface area contributed by atoms with Crippen LogP contribution >= 0.6 is 0 Å². The Bertz CT molecular complexity index is 1050. The van der Waals surface area contributed by atoms with Crippen LogP contribution in [0.1, 0.15) is 12.0 Å². The van der Waals surface area contributed by atoms with E-state index in [1.54, 1.807) is 20.4 Å². The molecule has 7 heteroatoms. The minimum atomic E-state index is 0.173. The van der Waals surface area contributed by atoms with Crippen LogP contribution in [0.15, 0.2) is 60.8 Å². The number of anilines is 1. The summed E-state index contributed by atoms with van der Waals surface area (Å²) in [6.45, 7) is 2.89. The van der Waals surface area contributed by atoms with Gasteiger partial charge in [-0.1, -0.05) is 36.4 Å². The average molecular weight is 433 g/mol. The van der Waals surface area contributed by atoms with Crippen molar-refractivity contribution in [1.29, 1.82) is 0 Å². The number of carbonyl (C=O) groups is 1. The lowest BCUT2D eigenvalue weighted by Crippen LogP contribution is -2.49. The van der Waals surface area contributed by atoms with Crippen molar-refractivity contribution in [3.8, 4) is 22.9 Å². The summed E-state index contributed by atoms with van der Waals surface area (Å²) in [4.78, 5) is 26.0. The van der Waals surface area contributed by atoms with Gasteiger partial charge in [0.1, 0.15) is 5.82 Å². The number of aromatic nitrogens is 2. The van der Waals surface area contributed by atoms with E-state index in [1.165, 1.54) is 0 Å². The maximum Gasteiger partial charge on any atom is 0.223 e. The van der Waals surface area contributed by atoms with Gasteiger partial charge in [0.2, 0.25) is 5.91 Å². The fourth-order valence-corrected chi connectivity index (χ4v) is 3.88. The molecular formula is C25H28N4O3. The Kier molecular flexibility index (Phi) is 6.84. The molecule has 0 N–H and O–H groups in total. The average Bonchev–Trinajstić information content (AvgIpc) is 2.87. The summed E-state index contributed by atoms with van der Waals surface area (Å²) in [5.74, 6) is 3.17. The number of hydrogen-bond acceptors (Lipinski definition) is 6. The lowest BCUT2D eigenvalue weighted by atomic mass is 10.1. The van der Waals surface area contributed by atoms with Gasteiger partial charge in [0.15, 0.2) is 17.3 Å². The molecule has 0 atom stereocenters. The fourth-order valence-electron chi connectivity index (χ4n) is 3.88. The molecule has 0 aliphatic carbocycles. The van der Waals surface area contributed by atoms with Crippen molar-refractivity contribution in [3.63, 3.8) is 0 Å². The molecule has 4 rings (SSSR count). The van der Waals surface area contributed by atoms with E-state index >= 15 is 0 Å². The first-order chi connectivity index (χ1) is 15.7. The number of rotatable bonds is 7. The van der Waals surface area contributed by atoms with Crippen molar-refractivity contribution in [1.82, 2.24) is 14.9 Å². The second-order valence-electron chi connectivity index (χ2n) is 7.66. The predicted molar refractivity (Wildman–Crippen MR) is 124 cm³/mol. The van der Waals surface area contributed by atoms with E-state index in [1.807, 2.05) is 59.5 Å². The van der Waals surface area contributed by atoms with E-state index in [0.29, 0.717) is 37.4 Å². The SMILES string of the molecule is COc1ccc(CCC(=O)N2CCN(c3ccnc(-c4ccccc4)n3)CC2)cc1OC. The Morgan fingerprint density at radius 1 is 0.938 bits per heavy atom. The maximum atomic E-state index is 12.8. The molecule has 1 fully saturated rings. The van der Waals surface area contributed by atoms with Crippen LogP contribution in [0.5, 0.6) is 11.5 Å². The van der Waals surface area contributed by atoms with Gasteiger partial charge in [-0.3, -0.25) is 4.79 Å². The van der Waals surface area contributed by atoms with Crippen LogP contribution < -0.4 is 14.4 Å². The first-order valence-corrected chi connectivity index (χ1v) is 10.8. The van der Waals surface area contributed by atoms with Crippen LogP contribution in [0.25, 0.3) is 11.4 Å². The summed E-state index contributed by atoms with van der Waals surface area (Å²) >= 11 is 0. The number of hydrogen-bond donors (Lipinski definition) is 0. The van der Waals surface area contributed by atoms with Gasteiger partial charge in [0, 0.05) is 44.4 Å². The molecule has 3 aromatic rings. The highest BCUT2D eigenvalue weighted by Gasteiger charge is 2.22. The van der Waals surface area contributed by atoms with Crippen LogP contribution in [-0.2, 0) is 11.2 Å². The topological polar surface area (TPSA) is 67.8 Å². The Morgan fingerprint density at radius 3 is 2.41 bits per heavy atom. The number of ether oxygens (including phenoxy) is 2. The summed E-state index contributed by atoms with van der Waals surface area (Å²) in [5, 5.41) is 0. The van der Waals surface area contributed by atoms with Gasteiger partial charge in [-0.15, -0.1) is 0 Å². The van der Waals surface area contributed by atoms with Crippen LogP contribution in [0.3, 0.4) is 0 Å². The molecule has 1 saturated heterocycles. The third-order valence-corrected chi connectivity index (χ3v) is 5.70. The number of nitrogens with zero attached hydrogens (tertiary/aromatic N) is 4. The number of aryl methyl sites for hydroxylation is 1. The minimum Gasteiger partial charge on any atom is -0.493 e. The fraction of sp³-hybridized carbons (Fsp3) is 0.320. The zero-order valence-electron chi connectivity index (χ0n) is 18.5. The van der Waals surface area contributed by atoms with Gasteiger partial charge in [-0.25, -0.2) is 9.97 Å². The Hall–Kier alpha value is -3.61. The molecule has 7 nitrogen and oxygen atoms in total. The van der Waals surface area contributed by atoms with Crippen LogP contribution in [0, 0.1) is 0 Å². The summed E-state index contributed by atoms with van der Waals surface area (Å²) in [7, 11) is 3.23. The quantitative estimate of drug-likeness (QED) is 0.570. The van der Waals surface area contributed by atoms with Crippen molar-refractivity contribution in [2.24, 2.45) is 0 Å². The highest BCUT2D eigenvalue weighted by molar-refractivity contribution is 5.77. The van der Waals surface area contributed by atoms with Crippen LogP contribution in [0.4, 0.5) is 5.82 Å². The molecule has 1 aliphatic heterocycles. The zero-order valence-corrected chi connectivity index (χ0v) is 18.5. The van der Waals surface area contributed by atoms with E-state index in [2.05, 4.69) is 9.88 Å². The number of benzene rings is 2. The molecule has 166 valence electrons. The molecular weight excluding hydrogens is 404 g/mol. The highest BCUT2D eigenvalue weighted by Crippen LogP contribution is 2.28. The van der Waals surface area contributed by atoms with Crippen LogP contribution in [-0.4, -0.2) is 61.2 Å². The van der Waals surface area contributed by atoms with E-state index in [9.17, 15) is 4.79 Å². The summed E-state index contributed by atoms with van der Waals surface area (Å²) < 4.78 is 10.6. The molecule has 1 aromatic heterocycles. The lowest BCUT2D eigenvalue weighted by Gasteiger charge is -2.35. The van der Waals surface area contributed by atoms with Crippen molar-refractivity contribution in [2.75, 3.05) is 45.3 Å². The maximum absolute atomic E-state index is 12.8. The summed E-state index contributed by atoms with van der Waals surface area (Å²) in [5.41, 5.74) is 2.06. The smallest absolute Gasteiger partial charge is 0.223 e. The second kappa shape index (κ2) is 10.1. The van der Waals surface area contributed by atoms with Gasteiger partial charge in [0.05, 0.1) is 14.2 Å². The number of methoxy groups -OCH3 is 2. The molecule has 0 unspecified atom stereocenters. The predicted octanol–water partition coefficient (Wildman–Crippen LogP) is 3.44. The first kappa shape index (κ1) is 21.6. The van der Waals surface area contributed by atoms with E-state index in [-0.39, 0.29) is 5.91 Å². The van der Waals surface area contributed by atoms with E-state index in [0.717, 1.165) is 35.9 Å². The molecule has 0 saturated carbocycles. The first-order valence-electron chi connectivity index (χ1n) is 10.8. The van der Waals surface area contributed by atoms with Crippen molar-refractivity contribution in [3.05, 3.63) is 66.4 Å². The molecule has 0 bridgehead atoms. The van der Waals surface area contributed by atoms with E-state index in [4.69, 9.17) is 14.5 Å². The Morgan fingerprint density at radius 2 is 1.69 bits per heavy atom. The second-order valence-corrected chi connectivity index (χ2v) is 7.66. The number of carbonyl (C=O) groups excluding carboxylic acids is 1. The lowest BCUT2D eigenvalue weighted by molar-refractivity contribution is -0.131.